The molecule has 0 radical (unpaired) electrons. The van der Waals surface area contributed by atoms with Crippen LogP contribution in [0.2, 0.25) is 0 Å². The van der Waals surface area contributed by atoms with Crippen LogP contribution >= 0.6 is 0 Å². The van der Waals surface area contributed by atoms with Crippen LogP contribution in [0.5, 0.6) is 5.88 Å². The van der Waals surface area contributed by atoms with Crippen LogP contribution in [0.3, 0.4) is 0 Å². The fourth-order valence-corrected chi connectivity index (χ4v) is 2.16. The van der Waals surface area contributed by atoms with Gasteiger partial charge in [0.1, 0.15) is 6.04 Å². The van der Waals surface area contributed by atoms with Gasteiger partial charge in [-0.2, -0.15) is 5.26 Å². The minimum absolute atomic E-state index is 0.228. The van der Waals surface area contributed by atoms with Gasteiger partial charge < -0.3 is 14.8 Å². The van der Waals surface area contributed by atoms with Gasteiger partial charge in [0.25, 0.3) is 5.91 Å². The van der Waals surface area contributed by atoms with E-state index in [0.717, 1.165) is 5.56 Å². The van der Waals surface area contributed by atoms with E-state index in [1.54, 1.807) is 18.3 Å². The highest BCUT2D eigenvalue weighted by molar-refractivity contribution is 5.96. The summed E-state index contributed by atoms with van der Waals surface area (Å²) in [6, 6.07) is 10.7. The highest BCUT2D eigenvalue weighted by atomic mass is 16.5. The van der Waals surface area contributed by atoms with Crippen molar-refractivity contribution in [3.8, 4) is 11.9 Å². The van der Waals surface area contributed by atoms with Crippen molar-refractivity contribution in [3.63, 3.8) is 0 Å². The second kappa shape index (κ2) is 8.45. The summed E-state index contributed by atoms with van der Waals surface area (Å²) in [5.74, 6) is -0.529. The van der Waals surface area contributed by atoms with Crippen LogP contribution in [0.15, 0.2) is 42.6 Å². The number of nitriles is 1. The van der Waals surface area contributed by atoms with Gasteiger partial charge in [-0.3, -0.25) is 4.79 Å². The number of ether oxygens (including phenoxy) is 2. The van der Waals surface area contributed by atoms with Gasteiger partial charge in [-0.15, -0.1) is 0 Å². The number of hydrogen-bond donors (Lipinski definition) is 1. The molecule has 1 heterocycles. The van der Waals surface area contributed by atoms with Gasteiger partial charge in [0, 0.05) is 24.2 Å². The lowest BCUT2D eigenvalue weighted by molar-refractivity contribution is -0.142. The molecule has 0 saturated carbocycles. The molecule has 128 valence electrons. The lowest BCUT2D eigenvalue weighted by Crippen LogP contribution is -2.43. The van der Waals surface area contributed by atoms with Crippen molar-refractivity contribution in [1.29, 1.82) is 5.26 Å². The summed E-state index contributed by atoms with van der Waals surface area (Å²) < 4.78 is 9.75. The Morgan fingerprint density at radius 3 is 2.44 bits per heavy atom. The van der Waals surface area contributed by atoms with Crippen molar-refractivity contribution in [1.82, 2.24) is 10.3 Å². The normalized spacial score (nSPS) is 11.1. The van der Waals surface area contributed by atoms with Crippen molar-refractivity contribution in [2.24, 2.45) is 0 Å². The van der Waals surface area contributed by atoms with E-state index in [0.29, 0.717) is 17.0 Å². The van der Waals surface area contributed by atoms with Gasteiger partial charge in [-0.25, -0.2) is 9.78 Å². The summed E-state index contributed by atoms with van der Waals surface area (Å²) in [7, 11) is 2.77. The molecule has 0 fully saturated rings. The fourth-order valence-electron chi connectivity index (χ4n) is 2.16. The Balaban J connectivity index is 2.12. The standard InChI is InChI=1S/C18H17N3O4/c1-24-16-8-5-13(11-20-16)9-15(18(23)25-2)21-17(22)14-6-3-12(10-19)4-7-14/h3-8,11,15H,9H2,1-2H3,(H,21,22)/t15-/m1/s1. The highest BCUT2D eigenvalue weighted by Gasteiger charge is 2.22. The van der Waals surface area contributed by atoms with Gasteiger partial charge in [-0.05, 0) is 29.8 Å². The predicted molar refractivity (Wildman–Crippen MR) is 88.9 cm³/mol. The van der Waals surface area contributed by atoms with Crippen molar-refractivity contribution in [3.05, 3.63) is 59.3 Å². The Bertz CT molecular complexity index is 779. The topological polar surface area (TPSA) is 101 Å². The number of aromatic nitrogens is 1. The number of nitrogens with one attached hydrogen (secondary N) is 1. The number of hydrogen-bond acceptors (Lipinski definition) is 6. The molecule has 0 aliphatic carbocycles. The van der Waals surface area contributed by atoms with E-state index in [4.69, 9.17) is 14.7 Å². The molecular formula is C18H17N3O4. The molecule has 7 heteroatoms. The first-order valence-electron chi connectivity index (χ1n) is 7.45. The number of methoxy groups -OCH3 is 2. The van der Waals surface area contributed by atoms with E-state index in [1.165, 1.54) is 38.5 Å². The molecule has 0 bridgehead atoms. The number of amides is 1. The lowest BCUT2D eigenvalue weighted by Gasteiger charge is -2.16. The number of benzene rings is 1. The Morgan fingerprint density at radius 1 is 1.20 bits per heavy atom. The first-order valence-corrected chi connectivity index (χ1v) is 7.45. The van der Waals surface area contributed by atoms with Gasteiger partial charge in [0.05, 0.1) is 25.9 Å². The predicted octanol–water partition coefficient (Wildman–Crippen LogP) is 1.48. The molecule has 1 amide bonds. The van der Waals surface area contributed by atoms with Crippen LogP contribution in [-0.4, -0.2) is 37.1 Å². The van der Waals surface area contributed by atoms with E-state index in [-0.39, 0.29) is 6.42 Å². The van der Waals surface area contributed by atoms with Crippen LogP contribution in [0, 0.1) is 11.3 Å². The van der Waals surface area contributed by atoms with Crippen LogP contribution in [-0.2, 0) is 16.0 Å². The van der Waals surface area contributed by atoms with E-state index in [2.05, 4.69) is 10.3 Å². The molecule has 25 heavy (non-hydrogen) atoms. The molecule has 7 nitrogen and oxygen atoms in total. The van der Waals surface area contributed by atoms with E-state index >= 15 is 0 Å². The number of esters is 1. The third-order valence-corrected chi connectivity index (χ3v) is 3.51. The number of rotatable bonds is 6. The Hall–Kier alpha value is -3.40. The van der Waals surface area contributed by atoms with Crippen LogP contribution in [0.4, 0.5) is 0 Å². The maximum absolute atomic E-state index is 12.3. The highest BCUT2D eigenvalue weighted by Crippen LogP contribution is 2.10. The fraction of sp³-hybridized carbons (Fsp3) is 0.222. The minimum Gasteiger partial charge on any atom is -0.481 e. The van der Waals surface area contributed by atoms with Gasteiger partial charge >= 0.3 is 5.97 Å². The molecule has 0 aliphatic rings. The molecule has 1 N–H and O–H groups in total. The Morgan fingerprint density at radius 2 is 1.92 bits per heavy atom. The van der Waals surface area contributed by atoms with Crippen molar-refractivity contribution in [2.75, 3.05) is 14.2 Å². The molecule has 1 aromatic heterocycles. The van der Waals surface area contributed by atoms with Gasteiger partial charge in [0.15, 0.2) is 0 Å². The summed E-state index contributed by atoms with van der Waals surface area (Å²) in [5.41, 5.74) is 1.54. The van der Waals surface area contributed by atoms with E-state index in [9.17, 15) is 9.59 Å². The first kappa shape index (κ1) is 17.9. The second-order valence-electron chi connectivity index (χ2n) is 5.15. The third kappa shape index (κ3) is 4.78. The summed E-state index contributed by atoms with van der Waals surface area (Å²) in [6.07, 6.45) is 1.80. The minimum atomic E-state index is -0.858. The second-order valence-corrected chi connectivity index (χ2v) is 5.15. The zero-order valence-electron chi connectivity index (χ0n) is 13.9. The molecule has 2 rings (SSSR count). The third-order valence-electron chi connectivity index (χ3n) is 3.51. The van der Waals surface area contributed by atoms with E-state index < -0.39 is 17.9 Å². The van der Waals surface area contributed by atoms with E-state index in [1.807, 2.05) is 6.07 Å². The summed E-state index contributed by atoms with van der Waals surface area (Å²) in [6.45, 7) is 0. The molecule has 2 aromatic rings. The monoisotopic (exact) mass is 339 g/mol. The van der Waals surface area contributed by atoms with Crippen LogP contribution in [0.25, 0.3) is 0 Å². The molecule has 0 saturated heterocycles. The Kier molecular flexibility index (Phi) is 6.07. The van der Waals surface area contributed by atoms with Crippen molar-refractivity contribution >= 4 is 11.9 Å². The zero-order chi connectivity index (χ0) is 18.2. The maximum Gasteiger partial charge on any atom is 0.328 e. The lowest BCUT2D eigenvalue weighted by atomic mass is 10.1. The maximum atomic E-state index is 12.3. The molecule has 0 aliphatic heterocycles. The molecule has 1 atom stereocenters. The van der Waals surface area contributed by atoms with Crippen LogP contribution in [0.1, 0.15) is 21.5 Å². The summed E-state index contributed by atoms with van der Waals surface area (Å²) in [4.78, 5) is 28.4. The molecular weight excluding hydrogens is 322 g/mol. The van der Waals surface area contributed by atoms with Gasteiger partial charge in [0.2, 0.25) is 5.88 Å². The summed E-state index contributed by atoms with van der Waals surface area (Å²) >= 11 is 0. The molecule has 1 aromatic carbocycles. The Labute approximate surface area is 145 Å². The summed E-state index contributed by atoms with van der Waals surface area (Å²) in [5, 5.41) is 11.4. The quantitative estimate of drug-likeness (QED) is 0.800. The molecule has 0 spiro atoms. The van der Waals surface area contributed by atoms with Crippen molar-refractivity contribution < 1.29 is 19.1 Å². The molecule has 0 unspecified atom stereocenters. The van der Waals surface area contributed by atoms with Crippen molar-refractivity contribution in [2.45, 2.75) is 12.5 Å². The first-order chi connectivity index (χ1) is 12.1. The number of pyridine rings is 1. The SMILES string of the molecule is COC(=O)[C@@H](Cc1ccc(OC)nc1)NC(=O)c1ccc(C#N)cc1. The van der Waals surface area contributed by atoms with Crippen LogP contribution < -0.4 is 10.1 Å². The number of carbonyl (C=O) groups is 2. The average molecular weight is 339 g/mol. The van der Waals surface area contributed by atoms with Gasteiger partial charge in [-0.1, -0.05) is 6.07 Å². The zero-order valence-corrected chi connectivity index (χ0v) is 13.9. The number of carbonyl (C=O) groups excluding carboxylic acids is 2. The average Bonchev–Trinajstić information content (AvgIpc) is 2.67. The largest absolute Gasteiger partial charge is 0.481 e. The smallest absolute Gasteiger partial charge is 0.328 e. The number of nitrogens with zero attached hydrogens (tertiary/aromatic N) is 2.